The maximum atomic E-state index is 14.7. The molecule has 0 bridgehead atoms. The molecule has 0 aliphatic rings. The normalized spacial score (nSPS) is 10.1. The van der Waals surface area contributed by atoms with Gasteiger partial charge in [-0.2, -0.15) is 10.4 Å². The molecule has 0 saturated heterocycles. The first-order chi connectivity index (χ1) is 13.7. The van der Waals surface area contributed by atoms with Gasteiger partial charge in [0.05, 0.1) is 23.4 Å². The van der Waals surface area contributed by atoms with Crippen LogP contribution in [0.5, 0.6) is 0 Å². The molecule has 0 fully saturated rings. The average Bonchev–Trinajstić information content (AvgIpc) is 3.20. The van der Waals surface area contributed by atoms with Crippen LogP contribution in [0.1, 0.15) is 16.7 Å². The Bertz CT molecular complexity index is 1260. The summed E-state index contributed by atoms with van der Waals surface area (Å²) in [5.74, 6) is 5.25. The van der Waals surface area contributed by atoms with Crippen LogP contribution in [0.2, 0.25) is 0 Å². The van der Waals surface area contributed by atoms with Gasteiger partial charge in [0.25, 0.3) is 0 Å². The largest absolute Gasteiger partial charge is 0.308 e. The Kier molecular flexibility index (Phi) is 4.87. The highest BCUT2D eigenvalue weighted by Crippen LogP contribution is 2.23. The van der Waals surface area contributed by atoms with E-state index in [2.05, 4.69) is 42.8 Å². The number of fused-ring (bicyclic) bond motifs is 1. The van der Waals surface area contributed by atoms with Crippen LogP contribution in [-0.4, -0.2) is 20.2 Å². The van der Waals surface area contributed by atoms with E-state index < -0.39 is 5.82 Å². The fourth-order valence-corrected chi connectivity index (χ4v) is 3.08. The number of nitriles is 1. The number of nitrogens with one attached hydrogen (secondary N) is 2. The third-order valence-electron chi connectivity index (χ3n) is 3.75. The summed E-state index contributed by atoms with van der Waals surface area (Å²) >= 11 is 1.17. The average molecular weight is 386 g/mol. The van der Waals surface area contributed by atoms with Crippen LogP contribution in [-0.2, 0) is 0 Å². The van der Waals surface area contributed by atoms with Crippen molar-refractivity contribution in [3.05, 3.63) is 77.5 Å². The van der Waals surface area contributed by atoms with Crippen molar-refractivity contribution in [2.45, 2.75) is 4.90 Å². The highest BCUT2D eigenvalue weighted by Gasteiger charge is 2.08. The zero-order valence-electron chi connectivity index (χ0n) is 14.3. The minimum Gasteiger partial charge on any atom is -0.308 e. The van der Waals surface area contributed by atoms with Crippen molar-refractivity contribution in [3.63, 3.8) is 0 Å². The molecule has 0 unspecified atom stereocenters. The molecular weight excluding hydrogens is 375 g/mol. The standard InChI is InChI=1S/C20H11FN6S/c21-18-15(5-4-14-8-16-12-25-26-19(16)24-11-14)6-7-23-20(18)27-28-17-3-1-2-13(9-17)10-22/h1-3,6-9,11-12H,(H,23,27)(H,24,25,26). The lowest BCUT2D eigenvalue weighted by Gasteiger charge is -2.06. The second kappa shape index (κ2) is 7.78. The molecule has 8 heteroatoms. The van der Waals surface area contributed by atoms with E-state index in [0.717, 1.165) is 10.3 Å². The number of hydrogen-bond donors (Lipinski definition) is 2. The Balaban J connectivity index is 1.54. The first kappa shape index (κ1) is 17.5. The highest BCUT2D eigenvalue weighted by atomic mass is 32.2. The van der Waals surface area contributed by atoms with Crippen molar-refractivity contribution in [1.29, 1.82) is 5.26 Å². The van der Waals surface area contributed by atoms with Gasteiger partial charge in [-0.1, -0.05) is 17.9 Å². The minimum absolute atomic E-state index is 0.0718. The molecular formula is C20H11FN6S. The monoisotopic (exact) mass is 386 g/mol. The molecule has 0 atom stereocenters. The first-order valence-corrected chi connectivity index (χ1v) is 8.93. The van der Waals surface area contributed by atoms with Crippen LogP contribution in [0.3, 0.4) is 0 Å². The van der Waals surface area contributed by atoms with Crippen molar-refractivity contribution in [1.82, 2.24) is 20.2 Å². The number of H-pyrrole nitrogens is 1. The van der Waals surface area contributed by atoms with Gasteiger partial charge in [0, 0.05) is 28.2 Å². The molecule has 0 amide bonds. The van der Waals surface area contributed by atoms with Gasteiger partial charge in [-0.05, 0) is 42.3 Å². The summed E-state index contributed by atoms with van der Waals surface area (Å²) in [6, 6.07) is 12.4. The van der Waals surface area contributed by atoms with Crippen molar-refractivity contribution in [2.24, 2.45) is 0 Å². The number of nitrogens with zero attached hydrogens (tertiary/aromatic N) is 4. The van der Waals surface area contributed by atoms with Crippen LogP contribution in [0.15, 0.2) is 59.9 Å². The number of halogens is 1. The number of benzene rings is 1. The Hall–Kier alpha value is -3.88. The quantitative estimate of drug-likeness (QED) is 0.410. The molecule has 3 heterocycles. The molecule has 0 spiro atoms. The Morgan fingerprint density at radius 1 is 1.07 bits per heavy atom. The van der Waals surface area contributed by atoms with Crippen molar-refractivity contribution in [2.75, 3.05) is 4.72 Å². The van der Waals surface area contributed by atoms with E-state index in [0.29, 0.717) is 16.8 Å². The van der Waals surface area contributed by atoms with E-state index in [9.17, 15) is 4.39 Å². The smallest absolute Gasteiger partial charge is 0.181 e. The number of hydrogen-bond acceptors (Lipinski definition) is 6. The Labute approximate surface area is 164 Å². The Morgan fingerprint density at radius 2 is 2.00 bits per heavy atom. The van der Waals surface area contributed by atoms with Crippen LogP contribution >= 0.6 is 11.9 Å². The summed E-state index contributed by atoms with van der Waals surface area (Å²) in [7, 11) is 0. The van der Waals surface area contributed by atoms with E-state index in [-0.39, 0.29) is 11.4 Å². The van der Waals surface area contributed by atoms with E-state index in [1.54, 1.807) is 30.6 Å². The molecule has 4 rings (SSSR count). The fraction of sp³-hybridized carbons (Fsp3) is 0. The van der Waals surface area contributed by atoms with Gasteiger partial charge >= 0.3 is 0 Å². The maximum absolute atomic E-state index is 14.7. The molecule has 0 radical (unpaired) electrons. The van der Waals surface area contributed by atoms with E-state index >= 15 is 0 Å². The number of aromatic nitrogens is 4. The lowest BCUT2D eigenvalue weighted by atomic mass is 10.2. The second-order valence-corrected chi connectivity index (χ2v) is 6.53. The zero-order chi connectivity index (χ0) is 19.3. The van der Waals surface area contributed by atoms with Crippen molar-refractivity contribution < 1.29 is 4.39 Å². The van der Waals surface area contributed by atoms with E-state index in [1.807, 2.05) is 12.1 Å². The minimum atomic E-state index is -0.545. The Morgan fingerprint density at radius 3 is 2.89 bits per heavy atom. The molecule has 1 aromatic carbocycles. The van der Waals surface area contributed by atoms with Crippen LogP contribution < -0.4 is 4.72 Å². The van der Waals surface area contributed by atoms with Gasteiger partial charge in [0.1, 0.15) is 0 Å². The van der Waals surface area contributed by atoms with Gasteiger partial charge < -0.3 is 4.72 Å². The summed E-state index contributed by atoms with van der Waals surface area (Å²) in [6.07, 6.45) is 4.74. The first-order valence-electron chi connectivity index (χ1n) is 8.11. The van der Waals surface area contributed by atoms with Gasteiger partial charge in [0.2, 0.25) is 0 Å². The molecule has 28 heavy (non-hydrogen) atoms. The molecule has 134 valence electrons. The summed E-state index contributed by atoms with van der Waals surface area (Å²) in [5.41, 5.74) is 2.08. The molecule has 4 aromatic rings. The number of aromatic amines is 1. The van der Waals surface area contributed by atoms with Crippen LogP contribution in [0.25, 0.3) is 11.0 Å². The SMILES string of the molecule is N#Cc1cccc(SNc2nccc(C#Cc3cnc4[nH]ncc4c3)c2F)c1. The van der Waals surface area contributed by atoms with Crippen LogP contribution in [0.4, 0.5) is 10.2 Å². The predicted octanol–water partition coefficient (Wildman–Crippen LogP) is 3.88. The van der Waals surface area contributed by atoms with Crippen molar-refractivity contribution in [3.8, 4) is 17.9 Å². The molecule has 6 nitrogen and oxygen atoms in total. The van der Waals surface area contributed by atoms with Crippen molar-refractivity contribution >= 4 is 28.8 Å². The van der Waals surface area contributed by atoms with E-state index in [4.69, 9.17) is 5.26 Å². The number of rotatable bonds is 3. The predicted molar refractivity (Wildman–Crippen MR) is 105 cm³/mol. The second-order valence-electron chi connectivity index (χ2n) is 5.65. The summed E-state index contributed by atoms with van der Waals surface area (Å²) < 4.78 is 17.6. The molecule has 0 aliphatic carbocycles. The summed E-state index contributed by atoms with van der Waals surface area (Å²) in [4.78, 5) is 9.00. The number of anilines is 1. The highest BCUT2D eigenvalue weighted by molar-refractivity contribution is 8.00. The lowest BCUT2D eigenvalue weighted by Crippen LogP contribution is -1.97. The zero-order valence-corrected chi connectivity index (χ0v) is 15.1. The topological polar surface area (TPSA) is 90.3 Å². The number of pyridine rings is 2. The maximum Gasteiger partial charge on any atom is 0.181 e. The third-order valence-corrected chi connectivity index (χ3v) is 4.54. The van der Waals surface area contributed by atoms with Crippen LogP contribution in [0, 0.1) is 29.0 Å². The molecule has 2 N–H and O–H groups in total. The molecule has 0 saturated carbocycles. The lowest BCUT2D eigenvalue weighted by molar-refractivity contribution is 0.624. The summed E-state index contributed by atoms with van der Waals surface area (Å²) in [5, 5.41) is 16.5. The van der Waals surface area contributed by atoms with Gasteiger partial charge in [0.15, 0.2) is 17.3 Å². The van der Waals surface area contributed by atoms with E-state index in [1.165, 1.54) is 24.2 Å². The fourth-order valence-electron chi connectivity index (χ4n) is 2.39. The molecule has 0 aliphatic heterocycles. The third kappa shape index (κ3) is 3.78. The van der Waals surface area contributed by atoms with Gasteiger partial charge in [-0.3, -0.25) is 5.10 Å². The molecule has 3 aromatic heterocycles. The van der Waals surface area contributed by atoms with Gasteiger partial charge in [-0.25, -0.2) is 14.4 Å². The van der Waals surface area contributed by atoms with Gasteiger partial charge in [-0.15, -0.1) is 0 Å². The summed E-state index contributed by atoms with van der Waals surface area (Å²) in [6.45, 7) is 0.